The van der Waals surface area contributed by atoms with Crippen molar-refractivity contribution < 1.29 is 5.11 Å². The fourth-order valence-electron chi connectivity index (χ4n) is 0.793. The van der Waals surface area contributed by atoms with E-state index in [-0.39, 0.29) is 5.75 Å². The molecule has 0 atom stereocenters. The van der Waals surface area contributed by atoms with E-state index >= 15 is 0 Å². The van der Waals surface area contributed by atoms with Crippen LogP contribution in [0.2, 0.25) is 0 Å². The number of hydrogen-bond acceptors (Lipinski definition) is 2. The molecule has 0 heterocycles. The number of phenolic OH excluding ortho intramolecular Hbond substituents is 1. The van der Waals surface area contributed by atoms with E-state index in [0.29, 0.717) is 11.3 Å². The van der Waals surface area contributed by atoms with Gasteiger partial charge in [-0.3, -0.25) is 0 Å². The monoisotopic (exact) mass is 135 g/mol. The first kappa shape index (κ1) is 6.68. The zero-order chi connectivity index (χ0) is 7.56. The van der Waals surface area contributed by atoms with Crippen molar-refractivity contribution >= 4 is 11.8 Å². The number of nitrogens with two attached hydrogens (primary N) is 1. The Morgan fingerprint density at radius 1 is 1.50 bits per heavy atom. The normalized spacial score (nSPS) is 9.20. The van der Waals surface area contributed by atoms with Crippen molar-refractivity contribution in [1.82, 2.24) is 0 Å². The zero-order valence-corrected chi connectivity index (χ0v) is 5.54. The molecule has 0 fully saturated rings. The minimum atomic E-state index is 0.176. The predicted molar refractivity (Wildman–Crippen MR) is 42.6 cm³/mol. The van der Waals surface area contributed by atoms with Gasteiger partial charge in [0.15, 0.2) is 0 Å². The van der Waals surface area contributed by atoms with Crippen molar-refractivity contribution in [1.29, 1.82) is 0 Å². The van der Waals surface area contributed by atoms with E-state index in [0.717, 1.165) is 0 Å². The SMILES string of the molecule is C=Cc1c(N)cccc1O. The summed E-state index contributed by atoms with van der Waals surface area (Å²) in [6.07, 6.45) is 1.53. The van der Waals surface area contributed by atoms with Gasteiger partial charge in [0, 0.05) is 11.3 Å². The summed E-state index contributed by atoms with van der Waals surface area (Å²) in [6, 6.07) is 4.99. The van der Waals surface area contributed by atoms with Gasteiger partial charge in [0.05, 0.1) is 0 Å². The number of benzene rings is 1. The molecule has 0 radical (unpaired) electrons. The molecule has 2 heteroatoms. The van der Waals surface area contributed by atoms with Gasteiger partial charge in [-0.1, -0.05) is 18.7 Å². The molecule has 3 N–H and O–H groups in total. The maximum Gasteiger partial charge on any atom is 0.124 e. The molecule has 0 saturated carbocycles. The number of phenols is 1. The van der Waals surface area contributed by atoms with E-state index in [1.54, 1.807) is 18.2 Å². The molecule has 1 rings (SSSR count). The van der Waals surface area contributed by atoms with Crippen molar-refractivity contribution in [2.45, 2.75) is 0 Å². The average Bonchev–Trinajstić information content (AvgIpc) is 1.88. The lowest BCUT2D eigenvalue weighted by Crippen LogP contribution is -1.87. The van der Waals surface area contributed by atoms with Crippen LogP contribution in [0.1, 0.15) is 5.56 Å². The summed E-state index contributed by atoms with van der Waals surface area (Å²) in [4.78, 5) is 0. The molecule has 0 aliphatic rings. The van der Waals surface area contributed by atoms with Gasteiger partial charge in [-0.25, -0.2) is 0 Å². The molecule has 0 bridgehead atoms. The Kier molecular flexibility index (Phi) is 1.63. The number of nitrogen functional groups attached to an aromatic ring is 1. The summed E-state index contributed by atoms with van der Waals surface area (Å²) in [5, 5.41) is 9.14. The lowest BCUT2D eigenvalue weighted by atomic mass is 10.1. The second-order valence-corrected chi connectivity index (χ2v) is 1.98. The maximum atomic E-state index is 9.14. The molecule has 0 spiro atoms. The minimum absolute atomic E-state index is 0.176. The van der Waals surface area contributed by atoms with Gasteiger partial charge in [0.2, 0.25) is 0 Å². The Hall–Kier alpha value is -1.44. The Morgan fingerprint density at radius 3 is 2.60 bits per heavy atom. The molecule has 0 amide bonds. The lowest BCUT2D eigenvalue weighted by molar-refractivity contribution is 0.474. The molecule has 10 heavy (non-hydrogen) atoms. The number of anilines is 1. The summed E-state index contributed by atoms with van der Waals surface area (Å²) in [5.41, 5.74) is 6.65. The van der Waals surface area contributed by atoms with E-state index in [1.165, 1.54) is 6.08 Å². The summed E-state index contributed by atoms with van der Waals surface area (Å²) in [6.45, 7) is 3.51. The quantitative estimate of drug-likeness (QED) is 0.575. The van der Waals surface area contributed by atoms with Gasteiger partial charge >= 0.3 is 0 Å². The van der Waals surface area contributed by atoms with Crippen molar-refractivity contribution in [2.75, 3.05) is 5.73 Å². The summed E-state index contributed by atoms with van der Waals surface area (Å²) < 4.78 is 0. The van der Waals surface area contributed by atoms with Crippen LogP contribution in [-0.4, -0.2) is 5.11 Å². The van der Waals surface area contributed by atoms with Crippen LogP contribution in [0.5, 0.6) is 5.75 Å². The van der Waals surface area contributed by atoms with Crippen LogP contribution in [0.25, 0.3) is 6.08 Å². The number of rotatable bonds is 1. The van der Waals surface area contributed by atoms with E-state index in [9.17, 15) is 0 Å². The molecule has 0 aliphatic heterocycles. The minimum Gasteiger partial charge on any atom is -0.507 e. The third kappa shape index (κ3) is 0.957. The largest absolute Gasteiger partial charge is 0.507 e. The van der Waals surface area contributed by atoms with Crippen LogP contribution >= 0.6 is 0 Å². The summed E-state index contributed by atoms with van der Waals surface area (Å²) in [7, 11) is 0. The van der Waals surface area contributed by atoms with Crippen molar-refractivity contribution in [3.8, 4) is 5.75 Å². The van der Waals surface area contributed by atoms with E-state index in [2.05, 4.69) is 6.58 Å². The third-order valence-electron chi connectivity index (χ3n) is 1.32. The smallest absolute Gasteiger partial charge is 0.124 e. The highest BCUT2D eigenvalue weighted by molar-refractivity contribution is 5.68. The lowest BCUT2D eigenvalue weighted by Gasteiger charge is -2.00. The molecule has 0 aliphatic carbocycles. The van der Waals surface area contributed by atoms with Gasteiger partial charge in [-0.2, -0.15) is 0 Å². The van der Waals surface area contributed by atoms with Crippen LogP contribution in [0.3, 0.4) is 0 Å². The number of hydrogen-bond donors (Lipinski definition) is 2. The molecule has 1 aromatic rings. The predicted octanol–water partition coefficient (Wildman–Crippen LogP) is 1.62. The molecule has 0 aromatic heterocycles. The Labute approximate surface area is 59.6 Å². The molecule has 1 aromatic carbocycles. The molecule has 52 valence electrons. The maximum absolute atomic E-state index is 9.14. The summed E-state index contributed by atoms with van der Waals surface area (Å²) >= 11 is 0. The molecule has 0 unspecified atom stereocenters. The first-order valence-electron chi connectivity index (χ1n) is 2.95. The van der Waals surface area contributed by atoms with E-state index in [1.807, 2.05) is 0 Å². The van der Waals surface area contributed by atoms with Crippen LogP contribution in [0.15, 0.2) is 24.8 Å². The van der Waals surface area contributed by atoms with Gasteiger partial charge in [-0.15, -0.1) is 0 Å². The van der Waals surface area contributed by atoms with Gasteiger partial charge in [-0.05, 0) is 12.1 Å². The second-order valence-electron chi connectivity index (χ2n) is 1.98. The topological polar surface area (TPSA) is 46.2 Å². The molecule has 2 nitrogen and oxygen atoms in total. The van der Waals surface area contributed by atoms with Gasteiger partial charge in [0.25, 0.3) is 0 Å². The van der Waals surface area contributed by atoms with Crippen LogP contribution in [-0.2, 0) is 0 Å². The van der Waals surface area contributed by atoms with Crippen molar-refractivity contribution in [3.63, 3.8) is 0 Å². The Morgan fingerprint density at radius 2 is 2.20 bits per heavy atom. The fourth-order valence-corrected chi connectivity index (χ4v) is 0.793. The van der Waals surface area contributed by atoms with Crippen molar-refractivity contribution in [3.05, 3.63) is 30.3 Å². The van der Waals surface area contributed by atoms with Crippen LogP contribution < -0.4 is 5.73 Å². The van der Waals surface area contributed by atoms with Gasteiger partial charge in [0.1, 0.15) is 5.75 Å². The van der Waals surface area contributed by atoms with Gasteiger partial charge < -0.3 is 10.8 Å². The van der Waals surface area contributed by atoms with Crippen LogP contribution in [0, 0.1) is 0 Å². The highest BCUT2D eigenvalue weighted by atomic mass is 16.3. The van der Waals surface area contributed by atoms with Crippen molar-refractivity contribution in [2.24, 2.45) is 0 Å². The van der Waals surface area contributed by atoms with E-state index in [4.69, 9.17) is 10.8 Å². The Bertz CT molecular complexity index is 235. The van der Waals surface area contributed by atoms with Crippen LogP contribution in [0.4, 0.5) is 5.69 Å². The molecule has 0 saturated heterocycles. The first-order valence-corrected chi connectivity index (χ1v) is 2.95. The fraction of sp³-hybridized carbons (Fsp3) is 0. The average molecular weight is 135 g/mol. The highest BCUT2D eigenvalue weighted by Crippen LogP contribution is 2.23. The molecular weight excluding hydrogens is 126 g/mol. The number of aromatic hydroxyl groups is 1. The summed E-state index contributed by atoms with van der Waals surface area (Å²) in [5.74, 6) is 0.176. The third-order valence-corrected chi connectivity index (χ3v) is 1.32. The van der Waals surface area contributed by atoms with E-state index < -0.39 is 0 Å². The zero-order valence-electron chi connectivity index (χ0n) is 5.54. The highest BCUT2D eigenvalue weighted by Gasteiger charge is 1.97. The second kappa shape index (κ2) is 2.43. The Balaban J connectivity index is 3.30. The standard InChI is InChI=1S/C8H9NO/c1-2-6-7(9)4-3-5-8(6)10/h2-5,10H,1,9H2. The first-order chi connectivity index (χ1) is 4.75. The molecular formula is C8H9NO.